The second-order valence-corrected chi connectivity index (χ2v) is 12.4. The van der Waals surface area contributed by atoms with Gasteiger partial charge in [-0.1, -0.05) is 36.4 Å². The van der Waals surface area contributed by atoms with Crippen molar-refractivity contribution in [3.05, 3.63) is 119 Å². The van der Waals surface area contributed by atoms with Gasteiger partial charge in [0.05, 0.1) is 26.5 Å². The number of ether oxygens (including phenoxy) is 2. The standard InChI is InChI=1S/C38H40N3O3.BrH/c1-25-19-33-34(20-26(25)2)41(23-35(42)27-13-15-30(43-3)16-14-27)24-40(33)18-8-17-39-22-29-21-28-9-5-6-10-31(28)37(29)32-11-7-12-36(44-4)38(32)39;/h5-7,9-16,19-20,24,29,37H,8,17-18,21-23H2,1-4H3;1H/q+1;/p-1/t29-,37+;/m0./s1. The number of carbonyl (C=O) groups is 1. The van der Waals surface area contributed by atoms with E-state index in [-0.39, 0.29) is 22.8 Å². The molecule has 0 fully saturated rings. The molecule has 2 aliphatic rings. The first kappa shape index (κ1) is 30.9. The number of para-hydroxylation sites is 1. The number of aromatic nitrogens is 2. The monoisotopic (exact) mass is 665 g/mol. The van der Waals surface area contributed by atoms with E-state index >= 15 is 0 Å². The number of anilines is 1. The third kappa shape index (κ3) is 5.63. The van der Waals surface area contributed by atoms with E-state index in [2.05, 4.69) is 88.8 Å². The van der Waals surface area contributed by atoms with Crippen molar-refractivity contribution in [2.45, 2.75) is 45.7 Å². The Morgan fingerprint density at radius 3 is 2.42 bits per heavy atom. The molecule has 0 saturated heterocycles. The summed E-state index contributed by atoms with van der Waals surface area (Å²) >= 11 is 0. The summed E-state index contributed by atoms with van der Waals surface area (Å²) in [5, 5.41) is 0. The molecule has 6 nitrogen and oxygen atoms in total. The summed E-state index contributed by atoms with van der Waals surface area (Å²) in [6.07, 6.45) is 4.22. The minimum atomic E-state index is 0. The zero-order valence-electron chi connectivity index (χ0n) is 26.4. The fraction of sp³-hybridized carbons (Fsp3) is 0.316. The van der Waals surface area contributed by atoms with E-state index in [4.69, 9.17) is 9.47 Å². The maximum atomic E-state index is 13.3. The molecule has 0 amide bonds. The molecule has 7 heteroatoms. The van der Waals surface area contributed by atoms with Gasteiger partial charge in [0.2, 0.25) is 12.1 Å². The summed E-state index contributed by atoms with van der Waals surface area (Å²) in [4.78, 5) is 15.9. The van der Waals surface area contributed by atoms with Gasteiger partial charge in [0, 0.05) is 31.0 Å². The predicted molar refractivity (Wildman–Crippen MR) is 174 cm³/mol. The Balaban J connectivity index is 0.00000357. The van der Waals surface area contributed by atoms with Crippen molar-refractivity contribution in [2.75, 3.05) is 32.2 Å². The number of Topliss-reactive ketones (excluding diaryl/α,β-unsaturated/α-hetero) is 1. The van der Waals surface area contributed by atoms with Crippen LogP contribution >= 0.6 is 0 Å². The molecule has 232 valence electrons. The van der Waals surface area contributed by atoms with Crippen LogP contribution in [0.5, 0.6) is 11.5 Å². The van der Waals surface area contributed by atoms with Crippen molar-refractivity contribution in [3.63, 3.8) is 0 Å². The molecule has 4 aromatic carbocycles. The fourth-order valence-electron chi connectivity index (χ4n) is 7.44. The van der Waals surface area contributed by atoms with Gasteiger partial charge < -0.3 is 31.4 Å². The van der Waals surface area contributed by atoms with Gasteiger partial charge in [-0.2, -0.15) is 0 Å². The summed E-state index contributed by atoms with van der Waals surface area (Å²) in [7, 11) is 3.42. The normalized spacial score (nSPS) is 16.5. The van der Waals surface area contributed by atoms with Crippen LogP contribution in [0.3, 0.4) is 0 Å². The third-order valence-electron chi connectivity index (χ3n) is 9.74. The number of rotatable bonds is 9. The number of methoxy groups -OCH3 is 2. The molecule has 2 heterocycles. The average Bonchev–Trinajstić information content (AvgIpc) is 3.58. The van der Waals surface area contributed by atoms with Crippen LogP contribution in [0.15, 0.2) is 85.2 Å². The number of imidazole rings is 1. The van der Waals surface area contributed by atoms with E-state index < -0.39 is 0 Å². The smallest absolute Gasteiger partial charge is 0.245 e. The fourth-order valence-corrected chi connectivity index (χ4v) is 7.44. The molecule has 2 atom stereocenters. The number of halogens is 1. The van der Waals surface area contributed by atoms with Crippen LogP contribution in [0.4, 0.5) is 5.69 Å². The maximum absolute atomic E-state index is 13.3. The highest BCUT2D eigenvalue weighted by Crippen LogP contribution is 2.51. The van der Waals surface area contributed by atoms with Crippen molar-refractivity contribution < 1.29 is 35.8 Å². The van der Waals surface area contributed by atoms with E-state index in [1.54, 1.807) is 14.2 Å². The predicted octanol–water partition coefficient (Wildman–Crippen LogP) is 3.66. The van der Waals surface area contributed by atoms with Crippen molar-refractivity contribution in [1.82, 2.24) is 4.57 Å². The van der Waals surface area contributed by atoms with Crippen LogP contribution in [0.2, 0.25) is 0 Å². The molecule has 0 unspecified atom stereocenters. The quantitative estimate of drug-likeness (QED) is 0.178. The van der Waals surface area contributed by atoms with Crippen LogP contribution in [0, 0.1) is 19.8 Å². The lowest BCUT2D eigenvalue weighted by Crippen LogP contribution is -3.00. The molecular formula is C38H40BrN3O3. The molecule has 1 aliphatic heterocycles. The zero-order chi connectivity index (χ0) is 30.4. The number of nitrogens with zero attached hydrogens (tertiary/aromatic N) is 3. The minimum absolute atomic E-state index is 0. The highest BCUT2D eigenvalue weighted by molar-refractivity contribution is 5.95. The Morgan fingerprint density at radius 2 is 1.64 bits per heavy atom. The molecule has 0 N–H and O–H groups in total. The second kappa shape index (κ2) is 12.7. The van der Waals surface area contributed by atoms with Crippen molar-refractivity contribution in [2.24, 2.45) is 5.92 Å². The summed E-state index contributed by atoms with van der Waals surface area (Å²) in [6, 6.07) is 27.3. The first-order valence-corrected chi connectivity index (χ1v) is 15.6. The summed E-state index contributed by atoms with van der Waals surface area (Å²) < 4.78 is 15.6. The van der Waals surface area contributed by atoms with Gasteiger partial charge in [-0.15, -0.1) is 0 Å². The third-order valence-corrected chi connectivity index (χ3v) is 9.74. The summed E-state index contributed by atoms with van der Waals surface area (Å²) in [5.41, 5.74) is 11.0. The van der Waals surface area contributed by atoms with Crippen LogP contribution in [-0.4, -0.2) is 37.7 Å². The summed E-state index contributed by atoms with van der Waals surface area (Å²) in [6.45, 7) is 7.40. The number of fused-ring (bicyclic) bond motifs is 6. The lowest BCUT2D eigenvalue weighted by atomic mass is 9.81. The van der Waals surface area contributed by atoms with E-state index in [0.717, 1.165) is 49.5 Å². The first-order valence-electron chi connectivity index (χ1n) is 15.6. The van der Waals surface area contributed by atoms with Crippen molar-refractivity contribution >= 4 is 22.5 Å². The largest absolute Gasteiger partial charge is 1.00 e. The Hall–Kier alpha value is -4.10. The molecule has 45 heavy (non-hydrogen) atoms. The van der Waals surface area contributed by atoms with Gasteiger partial charge >= 0.3 is 0 Å². The van der Waals surface area contributed by atoms with E-state index in [9.17, 15) is 4.79 Å². The molecule has 1 aliphatic carbocycles. The summed E-state index contributed by atoms with van der Waals surface area (Å²) in [5.74, 6) is 2.78. The molecular weight excluding hydrogens is 626 g/mol. The lowest BCUT2D eigenvalue weighted by molar-refractivity contribution is -0.658. The Labute approximate surface area is 276 Å². The first-order chi connectivity index (χ1) is 21.4. The van der Waals surface area contributed by atoms with Crippen LogP contribution in [0.25, 0.3) is 11.0 Å². The molecule has 0 radical (unpaired) electrons. The van der Waals surface area contributed by atoms with Gasteiger partial charge in [0.1, 0.15) is 11.5 Å². The van der Waals surface area contributed by atoms with Gasteiger partial charge in [0.25, 0.3) is 0 Å². The number of benzene rings is 4. The molecule has 1 aromatic heterocycles. The van der Waals surface area contributed by atoms with Gasteiger partial charge in [0.15, 0.2) is 17.6 Å². The Bertz CT molecular complexity index is 1860. The minimum Gasteiger partial charge on any atom is -1.00 e. The van der Waals surface area contributed by atoms with Crippen LogP contribution < -0.4 is 35.9 Å². The Kier molecular flexibility index (Phi) is 8.74. The molecule has 0 bridgehead atoms. The second-order valence-electron chi connectivity index (χ2n) is 12.4. The highest BCUT2D eigenvalue weighted by Gasteiger charge is 2.41. The van der Waals surface area contributed by atoms with E-state index in [0.29, 0.717) is 23.9 Å². The lowest BCUT2D eigenvalue weighted by Gasteiger charge is -2.39. The van der Waals surface area contributed by atoms with Crippen molar-refractivity contribution in [3.8, 4) is 11.5 Å². The zero-order valence-corrected chi connectivity index (χ0v) is 28.0. The van der Waals surface area contributed by atoms with Crippen LogP contribution in [0.1, 0.15) is 50.5 Å². The van der Waals surface area contributed by atoms with Gasteiger partial charge in [-0.05, 0) is 96.5 Å². The van der Waals surface area contributed by atoms with Gasteiger partial charge in [-0.25, -0.2) is 9.13 Å². The topological polar surface area (TPSA) is 47.6 Å². The number of hydrogen-bond donors (Lipinski definition) is 0. The van der Waals surface area contributed by atoms with E-state index in [1.165, 1.54) is 39.0 Å². The van der Waals surface area contributed by atoms with E-state index in [1.807, 2.05) is 24.3 Å². The maximum Gasteiger partial charge on any atom is 0.245 e. The van der Waals surface area contributed by atoms with Crippen LogP contribution in [-0.2, 0) is 19.5 Å². The molecule has 7 rings (SSSR count). The number of ketones is 1. The molecule has 0 spiro atoms. The SMILES string of the molecule is COc1ccc(C(=O)C[n+]2cn(CCCN3C[C@@H]4Cc5ccccc5[C@@H]4c4cccc(OC)c43)c3cc(C)c(C)cc32)cc1.[Br-]. The molecule has 0 saturated carbocycles. The number of aryl methyl sites for hydroxylation is 3. The van der Waals surface area contributed by atoms with Gasteiger partial charge in [-0.3, -0.25) is 4.79 Å². The Morgan fingerprint density at radius 1 is 0.889 bits per heavy atom. The average molecular weight is 667 g/mol. The molecule has 5 aromatic rings. The number of hydrogen-bond acceptors (Lipinski definition) is 4. The highest BCUT2D eigenvalue weighted by atomic mass is 79.9. The number of carbonyl (C=O) groups excluding carboxylic acids is 1. The van der Waals surface area contributed by atoms with Crippen molar-refractivity contribution in [1.29, 1.82) is 0 Å².